The summed E-state index contributed by atoms with van der Waals surface area (Å²) in [6, 6.07) is 1.91. The quantitative estimate of drug-likeness (QED) is 0.883. The third-order valence-electron chi connectivity index (χ3n) is 2.70. The van der Waals surface area contributed by atoms with Crippen LogP contribution in [0.1, 0.15) is 25.7 Å². The molecule has 0 saturated heterocycles. The average Bonchev–Trinajstić information content (AvgIpc) is 2.44. The molecule has 0 bridgehead atoms. The molecule has 4 heteroatoms. The van der Waals surface area contributed by atoms with Gasteiger partial charge in [-0.15, -0.1) is 0 Å². The van der Waals surface area contributed by atoms with E-state index in [1.807, 2.05) is 16.9 Å². The van der Waals surface area contributed by atoms with Gasteiger partial charge in [-0.3, -0.25) is 4.68 Å². The molecule has 1 saturated carbocycles. The van der Waals surface area contributed by atoms with Crippen molar-refractivity contribution in [1.29, 1.82) is 0 Å². The lowest BCUT2D eigenvalue weighted by Gasteiger charge is -2.36. The van der Waals surface area contributed by atoms with Gasteiger partial charge in [0.2, 0.25) is 0 Å². The van der Waals surface area contributed by atoms with Crippen LogP contribution in [0.3, 0.4) is 0 Å². The molecular weight excluding hydrogens is 232 g/mol. The second kappa shape index (κ2) is 3.42. The molecule has 0 unspecified atom stereocenters. The number of nitrogens with zero attached hydrogens (tertiary/aromatic N) is 2. The number of hydrogen-bond donors (Lipinski definition) is 1. The average molecular weight is 245 g/mol. The van der Waals surface area contributed by atoms with Crippen molar-refractivity contribution in [1.82, 2.24) is 9.78 Å². The molecule has 0 aliphatic heterocycles. The van der Waals surface area contributed by atoms with Crippen molar-refractivity contribution in [2.45, 2.75) is 37.8 Å². The van der Waals surface area contributed by atoms with Gasteiger partial charge in [0.15, 0.2) is 0 Å². The van der Waals surface area contributed by atoms with Crippen LogP contribution in [0.5, 0.6) is 0 Å². The molecule has 1 aliphatic carbocycles. The molecule has 1 fully saturated rings. The van der Waals surface area contributed by atoms with E-state index in [0.29, 0.717) is 0 Å². The van der Waals surface area contributed by atoms with Crippen LogP contribution in [-0.2, 0) is 6.54 Å². The van der Waals surface area contributed by atoms with Gasteiger partial charge < -0.3 is 5.11 Å². The Kier molecular flexibility index (Phi) is 2.43. The maximum Gasteiger partial charge on any atom is 0.128 e. The van der Waals surface area contributed by atoms with E-state index in [1.54, 1.807) is 0 Å². The van der Waals surface area contributed by atoms with E-state index < -0.39 is 5.60 Å². The highest BCUT2D eigenvalue weighted by atomic mass is 79.9. The van der Waals surface area contributed by atoms with E-state index in [2.05, 4.69) is 21.0 Å². The molecule has 1 heterocycles. The molecule has 1 aromatic rings. The Hall–Kier alpha value is -0.350. The highest BCUT2D eigenvalue weighted by molar-refractivity contribution is 9.10. The maximum atomic E-state index is 9.83. The van der Waals surface area contributed by atoms with Crippen molar-refractivity contribution in [2.24, 2.45) is 0 Å². The van der Waals surface area contributed by atoms with Gasteiger partial charge in [-0.05, 0) is 47.7 Å². The minimum atomic E-state index is -0.390. The van der Waals surface area contributed by atoms with E-state index in [1.165, 1.54) is 6.42 Å². The Morgan fingerprint density at radius 2 is 2.38 bits per heavy atom. The molecule has 0 amide bonds. The molecule has 2 rings (SSSR count). The van der Waals surface area contributed by atoms with Crippen molar-refractivity contribution in [2.75, 3.05) is 0 Å². The zero-order valence-electron chi connectivity index (χ0n) is 7.41. The summed E-state index contributed by atoms with van der Waals surface area (Å²) >= 11 is 3.29. The molecule has 0 aromatic carbocycles. The number of aryl methyl sites for hydroxylation is 1. The largest absolute Gasteiger partial charge is 0.390 e. The minimum Gasteiger partial charge on any atom is -0.390 e. The summed E-state index contributed by atoms with van der Waals surface area (Å²) in [5.74, 6) is 0. The summed E-state index contributed by atoms with van der Waals surface area (Å²) < 4.78 is 2.72. The summed E-state index contributed by atoms with van der Waals surface area (Å²) in [5.41, 5.74) is -0.390. The summed E-state index contributed by atoms with van der Waals surface area (Å²) in [7, 11) is 0. The summed E-state index contributed by atoms with van der Waals surface area (Å²) in [5, 5.41) is 14.0. The number of halogens is 1. The van der Waals surface area contributed by atoms with E-state index in [9.17, 15) is 5.11 Å². The Morgan fingerprint density at radius 3 is 2.85 bits per heavy atom. The monoisotopic (exact) mass is 244 g/mol. The standard InChI is InChI=1S/C9H13BrN2O/c10-8-2-6-12(11-8)7-5-9(13)3-1-4-9/h2,6,13H,1,3-5,7H2. The first-order chi connectivity index (χ1) is 6.18. The SMILES string of the molecule is OC1(CCn2ccc(Br)n2)CCC1. The van der Waals surface area contributed by atoms with Gasteiger partial charge >= 0.3 is 0 Å². The number of hydrogen-bond acceptors (Lipinski definition) is 2. The van der Waals surface area contributed by atoms with Crippen molar-refractivity contribution in [3.05, 3.63) is 16.9 Å². The summed E-state index contributed by atoms with van der Waals surface area (Å²) in [6.07, 6.45) is 5.82. The summed E-state index contributed by atoms with van der Waals surface area (Å²) in [4.78, 5) is 0. The second-order valence-electron chi connectivity index (χ2n) is 3.73. The number of aliphatic hydroxyl groups is 1. The molecule has 13 heavy (non-hydrogen) atoms. The van der Waals surface area contributed by atoms with Crippen LogP contribution in [0.2, 0.25) is 0 Å². The first kappa shape index (κ1) is 9.21. The Labute approximate surface area is 85.9 Å². The number of aromatic nitrogens is 2. The predicted octanol–water partition coefficient (Wildman–Crippen LogP) is 1.95. The molecule has 72 valence electrons. The lowest BCUT2D eigenvalue weighted by Crippen LogP contribution is -2.37. The van der Waals surface area contributed by atoms with Crippen molar-refractivity contribution < 1.29 is 5.11 Å². The smallest absolute Gasteiger partial charge is 0.128 e. The molecular formula is C9H13BrN2O. The molecule has 0 radical (unpaired) electrons. The van der Waals surface area contributed by atoms with E-state index >= 15 is 0 Å². The molecule has 1 aliphatic rings. The van der Waals surface area contributed by atoms with E-state index in [-0.39, 0.29) is 0 Å². The van der Waals surface area contributed by atoms with Gasteiger partial charge in [0, 0.05) is 12.7 Å². The van der Waals surface area contributed by atoms with Crippen LogP contribution in [-0.4, -0.2) is 20.5 Å². The van der Waals surface area contributed by atoms with Crippen LogP contribution in [0.4, 0.5) is 0 Å². The van der Waals surface area contributed by atoms with Crippen LogP contribution >= 0.6 is 15.9 Å². The topological polar surface area (TPSA) is 38.0 Å². The second-order valence-corrected chi connectivity index (χ2v) is 4.54. The van der Waals surface area contributed by atoms with Crippen molar-refractivity contribution in [3.8, 4) is 0 Å². The van der Waals surface area contributed by atoms with Gasteiger partial charge in [0.05, 0.1) is 5.60 Å². The first-order valence-corrected chi connectivity index (χ1v) is 5.39. The van der Waals surface area contributed by atoms with Crippen molar-refractivity contribution >= 4 is 15.9 Å². The zero-order chi connectivity index (χ0) is 9.31. The minimum absolute atomic E-state index is 0.390. The Balaban J connectivity index is 1.85. The van der Waals surface area contributed by atoms with Gasteiger partial charge in [0.25, 0.3) is 0 Å². The van der Waals surface area contributed by atoms with Crippen LogP contribution in [0.15, 0.2) is 16.9 Å². The van der Waals surface area contributed by atoms with Crippen LogP contribution in [0, 0.1) is 0 Å². The van der Waals surface area contributed by atoms with Gasteiger partial charge in [-0.2, -0.15) is 5.10 Å². The first-order valence-electron chi connectivity index (χ1n) is 4.59. The van der Waals surface area contributed by atoms with Gasteiger partial charge in [-0.1, -0.05) is 0 Å². The highest BCUT2D eigenvalue weighted by Gasteiger charge is 2.33. The number of rotatable bonds is 3. The molecule has 3 nitrogen and oxygen atoms in total. The molecule has 1 aromatic heterocycles. The molecule has 1 N–H and O–H groups in total. The van der Waals surface area contributed by atoms with E-state index in [4.69, 9.17) is 0 Å². The fraction of sp³-hybridized carbons (Fsp3) is 0.667. The summed E-state index contributed by atoms with van der Waals surface area (Å²) in [6.45, 7) is 0.808. The predicted molar refractivity (Wildman–Crippen MR) is 53.3 cm³/mol. The molecule has 0 spiro atoms. The third-order valence-corrected chi connectivity index (χ3v) is 3.12. The molecule has 0 atom stereocenters. The third kappa shape index (κ3) is 2.11. The fourth-order valence-corrected chi connectivity index (χ4v) is 1.94. The Morgan fingerprint density at radius 1 is 1.62 bits per heavy atom. The lowest BCUT2D eigenvalue weighted by molar-refractivity contribution is -0.0438. The van der Waals surface area contributed by atoms with E-state index in [0.717, 1.165) is 30.4 Å². The lowest BCUT2D eigenvalue weighted by atomic mass is 9.78. The zero-order valence-corrected chi connectivity index (χ0v) is 9.00. The normalized spacial score (nSPS) is 19.8. The highest BCUT2D eigenvalue weighted by Crippen LogP contribution is 2.34. The van der Waals surface area contributed by atoms with Crippen LogP contribution < -0.4 is 0 Å². The van der Waals surface area contributed by atoms with Gasteiger partial charge in [0.1, 0.15) is 4.60 Å². The van der Waals surface area contributed by atoms with Crippen molar-refractivity contribution in [3.63, 3.8) is 0 Å². The van der Waals surface area contributed by atoms with Crippen LogP contribution in [0.25, 0.3) is 0 Å². The fourth-order valence-electron chi connectivity index (χ4n) is 1.62. The van der Waals surface area contributed by atoms with Gasteiger partial charge in [-0.25, -0.2) is 0 Å². The Bertz CT molecular complexity index is 294. The maximum absolute atomic E-state index is 9.83.